The first kappa shape index (κ1) is 43.2. The molecule has 0 aliphatic carbocycles. The number of aromatic nitrogens is 4. The Morgan fingerprint density at radius 1 is 0.877 bits per heavy atom. The quantitative estimate of drug-likeness (QED) is 0.110. The molecular formula is C45H55Cl2N7O3. The monoisotopic (exact) mass is 811 g/mol. The number of amides is 1. The van der Waals surface area contributed by atoms with Gasteiger partial charge in [-0.1, -0.05) is 53.9 Å². The van der Waals surface area contributed by atoms with Gasteiger partial charge < -0.3 is 19.8 Å². The van der Waals surface area contributed by atoms with E-state index in [1.165, 1.54) is 45.5 Å². The van der Waals surface area contributed by atoms with Gasteiger partial charge in [0.15, 0.2) is 0 Å². The topological polar surface area (TPSA) is 108 Å². The van der Waals surface area contributed by atoms with E-state index in [-0.39, 0.29) is 6.47 Å². The van der Waals surface area contributed by atoms with Crippen LogP contribution in [0.4, 0.5) is 11.5 Å². The van der Waals surface area contributed by atoms with E-state index in [1.807, 2.05) is 42.5 Å². The standard InChI is InChI=1S/C33H38Cl2N4.C11H15N3O.CH2O2/c1-20-16-25(17-21(2)32(20)35)10-7-8-12-27-23(4)39(19-26-11-9-15-36-18-26)33-28(27)13-14-29(34)31(33)30-22(3)37-38(6)24(30)5;1-10-2-3-12-11(8-10)14-6-4-13(9-15)5-7-14;2-1-3/h9,11,13-18,23,27H,7-8,10,12,19H2,1-6H3;2-3,8-9H,4-7H2,1H3;1H,(H,2,3). The van der Waals surface area contributed by atoms with Crippen LogP contribution in [0.1, 0.15) is 76.9 Å². The number of pyridine rings is 2. The van der Waals surface area contributed by atoms with E-state index in [4.69, 9.17) is 38.2 Å². The molecule has 1 N–H and O–H groups in total. The molecule has 1 amide bonds. The fourth-order valence-corrected chi connectivity index (χ4v) is 8.53. The lowest BCUT2D eigenvalue weighted by atomic mass is 9.88. The summed E-state index contributed by atoms with van der Waals surface area (Å²) in [5, 5.41) is 13.3. The molecule has 0 radical (unpaired) electrons. The average Bonchev–Trinajstić information content (AvgIpc) is 3.61. The highest BCUT2D eigenvalue weighted by Gasteiger charge is 2.38. The lowest BCUT2D eigenvalue weighted by Gasteiger charge is -2.33. The van der Waals surface area contributed by atoms with E-state index in [1.54, 1.807) is 4.90 Å². The number of benzene rings is 2. The van der Waals surface area contributed by atoms with E-state index in [9.17, 15) is 4.79 Å². The van der Waals surface area contributed by atoms with Crippen molar-refractivity contribution in [1.29, 1.82) is 0 Å². The third-order valence-corrected chi connectivity index (χ3v) is 12.1. The molecule has 10 nitrogen and oxygen atoms in total. The van der Waals surface area contributed by atoms with Gasteiger partial charge in [-0.15, -0.1) is 0 Å². The van der Waals surface area contributed by atoms with Crippen LogP contribution in [0.5, 0.6) is 0 Å². The fraction of sp³-hybridized carbons (Fsp3) is 0.400. The molecule has 57 heavy (non-hydrogen) atoms. The Morgan fingerprint density at radius 3 is 2.18 bits per heavy atom. The molecule has 12 heteroatoms. The molecule has 2 aliphatic heterocycles. The maximum Gasteiger partial charge on any atom is 0.290 e. The summed E-state index contributed by atoms with van der Waals surface area (Å²) in [5.41, 5.74) is 13.2. The van der Waals surface area contributed by atoms with Crippen molar-refractivity contribution in [2.75, 3.05) is 36.0 Å². The molecule has 3 aromatic heterocycles. The zero-order chi connectivity index (χ0) is 41.2. The lowest BCUT2D eigenvalue weighted by Crippen LogP contribution is -2.46. The second-order valence-corrected chi connectivity index (χ2v) is 15.9. The molecule has 2 unspecified atom stereocenters. The van der Waals surface area contributed by atoms with Crippen LogP contribution in [0.15, 0.2) is 67.1 Å². The van der Waals surface area contributed by atoms with Crippen LogP contribution in [-0.4, -0.2) is 74.9 Å². The largest absolute Gasteiger partial charge is 0.483 e. The third kappa shape index (κ3) is 10.3. The number of carboxylic acid groups (broad SMARTS) is 1. The Hall–Kier alpha value is -4.93. The van der Waals surface area contributed by atoms with Gasteiger partial charge in [-0.05, 0) is 118 Å². The highest BCUT2D eigenvalue weighted by molar-refractivity contribution is 6.34. The molecule has 2 atom stereocenters. The minimum absolute atomic E-state index is 0.250. The molecule has 1 fully saturated rings. The van der Waals surface area contributed by atoms with Gasteiger partial charge in [0.1, 0.15) is 5.82 Å². The number of rotatable bonds is 10. The Bertz CT molecular complexity index is 2110. The predicted molar refractivity (Wildman–Crippen MR) is 232 cm³/mol. The number of nitrogens with zero attached hydrogens (tertiary/aromatic N) is 7. The van der Waals surface area contributed by atoms with Gasteiger partial charge in [-0.2, -0.15) is 5.10 Å². The number of aryl methyl sites for hydroxylation is 6. The van der Waals surface area contributed by atoms with Gasteiger partial charge >= 0.3 is 0 Å². The van der Waals surface area contributed by atoms with Gasteiger partial charge in [0.2, 0.25) is 6.41 Å². The zero-order valence-corrected chi connectivity index (χ0v) is 35.7. The minimum Gasteiger partial charge on any atom is -0.483 e. The summed E-state index contributed by atoms with van der Waals surface area (Å²) in [4.78, 5) is 34.2. The van der Waals surface area contributed by atoms with E-state index < -0.39 is 0 Å². The highest BCUT2D eigenvalue weighted by Crippen LogP contribution is 2.52. The number of fused-ring (bicyclic) bond motifs is 1. The van der Waals surface area contributed by atoms with Crippen molar-refractivity contribution in [2.24, 2.45) is 7.05 Å². The molecule has 302 valence electrons. The molecule has 5 aromatic rings. The van der Waals surface area contributed by atoms with Gasteiger partial charge in [-0.25, -0.2) is 4.98 Å². The predicted octanol–water partition coefficient (Wildman–Crippen LogP) is 9.30. The summed E-state index contributed by atoms with van der Waals surface area (Å²) in [5.74, 6) is 1.44. The Kier molecular flexibility index (Phi) is 15.1. The van der Waals surface area contributed by atoms with Crippen LogP contribution >= 0.6 is 23.2 Å². The molecule has 7 rings (SSSR count). The number of halogens is 2. The third-order valence-electron chi connectivity index (χ3n) is 11.2. The molecule has 5 heterocycles. The van der Waals surface area contributed by atoms with Crippen LogP contribution in [0.3, 0.4) is 0 Å². The van der Waals surface area contributed by atoms with Crippen LogP contribution in [0.2, 0.25) is 10.0 Å². The summed E-state index contributed by atoms with van der Waals surface area (Å²) in [6.45, 7) is 16.7. The number of carbonyl (C=O) groups excluding carboxylic acids is 1. The second-order valence-electron chi connectivity index (χ2n) is 15.1. The number of unbranched alkanes of at least 4 members (excludes halogenated alkanes) is 1. The molecule has 0 bridgehead atoms. The summed E-state index contributed by atoms with van der Waals surface area (Å²) >= 11 is 13.4. The number of hydrogen-bond donors (Lipinski definition) is 1. The molecule has 0 spiro atoms. The van der Waals surface area contributed by atoms with Crippen molar-refractivity contribution in [1.82, 2.24) is 24.6 Å². The van der Waals surface area contributed by atoms with Crippen molar-refractivity contribution in [3.05, 3.63) is 122 Å². The first-order valence-electron chi connectivity index (χ1n) is 19.6. The average molecular weight is 813 g/mol. The molecule has 2 aliphatic rings. The van der Waals surface area contributed by atoms with Crippen molar-refractivity contribution in [3.63, 3.8) is 0 Å². The first-order valence-corrected chi connectivity index (χ1v) is 20.3. The summed E-state index contributed by atoms with van der Waals surface area (Å²) in [7, 11) is 2.01. The van der Waals surface area contributed by atoms with Crippen LogP contribution in [0, 0.1) is 34.6 Å². The maximum absolute atomic E-state index is 10.5. The number of piperazine rings is 1. The van der Waals surface area contributed by atoms with Crippen LogP contribution < -0.4 is 9.80 Å². The van der Waals surface area contributed by atoms with Gasteiger partial charge in [0.05, 0.1) is 16.4 Å². The van der Waals surface area contributed by atoms with E-state index >= 15 is 0 Å². The number of hydrogen-bond acceptors (Lipinski definition) is 7. The van der Waals surface area contributed by atoms with E-state index in [0.29, 0.717) is 12.0 Å². The Balaban J connectivity index is 0.000000285. The smallest absolute Gasteiger partial charge is 0.290 e. The fourth-order valence-electron chi connectivity index (χ4n) is 8.18. The zero-order valence-electron chi connectivity index (χ0n) is 34.2. The number of anilines is 2. The molecule has 1 saturated heterocycles. The van der Waals surface area contributed by atoms with Crippen molar-refractivity contribution in [3.8, 4) is 11.1 Å². The van der Waals surface area contributed by atoms with Crippen LogP contribution in [0.25, 0.3) is 11.1 Å². The normalized spacial score (nSPS) is 16.0. The van der Waals surface area contributed by atoms with Crippen molar-refractivity contribution >= 4 is 47.6 Å². The summed E-state index contributed by atoms with van der Waals surface area (Å²) in [6.07, 6.45) is 11.1. The van der Waals surface area contributed by atoms with E-state index in [0.717, 1.165) is 96.8 Å². The summed E-state index contributed by atoms with van der Waals surface area (Å²) in [6, 6.07) is 17.4. The van der Waals surface area contributed by atoms with Gasteiger partial charge in [-0.3, -0.25) is 19.3 Å². The molecular weight excluding hydrogens is 757 g/mol. The molecule has 2 aromatic carbocycles. The summed E-state index contributed by atoms with van der Waals surface area (Å²) < 4.78 is 1.96. The van der Waals surface area contributed by atoms with Crippen molar-refractivity contribution < 1.29 is 14.7 Å². The van der Waals surface area contributed by atoms with Crippen molar-refractivity contribution in [2.45, 2.75) is 85.7 Å². The maximum atomic E-state index is 10.5. The van der Waals surface area contributed by atoms with E-state index in [2.05, 4.69) is 97.7 Å². The van der Waals surface area contributed by atoms with Gasteiger partial charge in [0, 0.05) is 92.2 Å². The minimum atomic E-state index is -0.250. The first-order chi connectivity index (χ1) is 27.4. The highest BCUT2D eigenvalue weighted by atomic mass is 35.5. The lowest BCUT2D eigenvalue weighted by molar-refractivity contribution is -0.123. The van der Waals surface area contributed by atoms with Crippen LogP contribution in [-0.2, 0) is 29.6 Å². The molecule has 0 saturated carbocycles. The SMILES string of the molecule is Cc1cc(CCCCC2c3ccc(Cl)c(-c4c(C)nn(C)c4C)c3N(Cc3cccnc3)C2C)cc(C)c1Cl.Cc1ccnc(N2CCN(C=O)CC2)c1.O=CO. The Morgan fingerprint density at radius 2 is 1.58 bits per heavy atom. The Labute approximate surface area is 347 Å². The van der Waals surface area contributed by atoms with Gasteiger partial charge in [0.25, 0.3) is 6.47 Å². The number of carbonyl (C=O) groups is 2. The second kappa shape index (κ2) is 20.0.